The first-order valence-corrected chi connectivity index (χ1v) is 8.30. The van der Waals surface area contributed by atoms with E-state index in [1.165, 1.54) is 6.26 Å². The summed E-state index contributed by atoms with van der Waals surface area (Å²) in [6.07, 6.45) is 1.81. The molecule has 1 aromatic carbocycles. The molecule has 0 fully saturated rings. The van der Waals surface area contributed by atoms with Crippen LogP contribution in [0.2, 0.25) is 0 Å². The number of nitrogens with one attached hydrogen (secondary N) is 2. The molecule has 25 heavy (non-hydrogen) atoms. The predicted octanol–water partition coefficient (Wildman–Crippen LogP) is 2.33. The van der Waals surface area contributed by atoms with E-state index in [1.807, 2.05) is 19.9 Å². The van der Waals surface area contributed by atoms with Crippen molar-refractivity contribution in [3.05, 3.63) is 60.1 Å². The molecule has 3 N–H and O–H groups in total. The molecule has 2 unspecified atom stereocenters. The highest BCUT2D eigenvalue weighted by Crippen LogP contribution is 2.18. The van der Waals surface area contributed by atoms with Gasteiger partial charge in [0.05, 0.1) is 12.9 Å². The van der Waals surface area contributed by atoms with Crippen molar-refractivity contribution in [2.45, 2.75) is 32.4 Å². The fourth-order valence-electron chi connectivity index (χ4n) is 2.49. The van der Waals surface area contributed by atoms with E-state index in [4.69, 9.17) is 4.42 Å². The first kappa shape index (κ1) is 18.7. The summed E-state index contributed by atoms with van der Waals surface area (Å²) >= 11 is 0. The third-order valence-electron chi connectivity index (χ3n) is 3.68. The van der Waals surface area contributed by atoms with E-state index in [0.29, 0.717) is 17.7 Å². The SMILES string of the molecule is CC(C)CC(=O)NC(C(=O)NC(CO)c1ccco1)c1ccccc1. The third kappa shape index (κ3) is 5.46. The average Bonchev–Trinajstić information content (AvgIpc) is 3.12. The van der Waals surface area contributed by atoms with Gasteiger partial charge in [-0.3, -0.25) is 9.59 Å². The normalized spacial score (nSPS) is 13.3. The van der Waals surface area contributed by atoms with E-state index >= 15 is 0 Å². The van der Waals surface area contributed by atoms with Crippen LogP contribution in [-0.2, 0) is 9.59 Å². The van der Waals surface area contributed by atoms with Gasteiger partial charge in [-0.2, -0.15) is 0 Å². The Morgan fingerprint density at radius 3 is 2.36 bits per heavy atom. The van der Waals surface area contributed by atoms with Crippen LogP contribution in [0.4, 0.5) is 0 Å². The standard InChI is InChI=1S/C19H24N2O4/c1-13(2)11-17(23)21-18(14-7-4-3-5-8-14)19(24)20-15(12-22)16-9-6-10-25-16/h3-10,13,15,18,22H,11-12H2,1-2H3,(H,20,24)(H,21,23). The minimum absolute atomic E-state index is 0.188. The molecule has 0 radical (unpaired) electrons. The van der Waals surface area contributed by atoms with Crippen molar-refractivity contribution < 1.29 is 19.1 Å². The maximum absolute atomic E-state index is 12.8. The van der Waals surface area contributed by atoms with Crippen LogP contribution >= 0.6 is 0 Å². The summed E-state index contributed by atoms with van der Waals surface area (Å²) in [5, 5.41) is 15.0. The van der Waals surface area contributed by atoms with E-state index in [-0.39, 0.29) is 18.4 Å². The Balaban J connectivity index is 2.16. The van der Waals surface area contributed by atoms with Gasteiger partial charge in [0, 0.05) is 6.42 Å². The molecule has 6 nitrogen and oxygen atoms in total. The highest BCUT2D eigenvalue weighted by molar-refractivity contribution is 5.88. The number of aliphatic hydroxyl groups excluding tert-OH is 1. The molecule has 0 aliphatic rings. The Bertz CT molecular complexity index is 668. The molecule has 0 aliphatic carbocycles. The molecular weight excluding hydrogens is 320 g/mol. The van der Waals surface area contributed by atoms with Crippen LogP contribution in [0.3, 0.4) is 0 Å². The number of hydrogen-bond donors (Lipinski definition) is 3. The van der Waals surface area contributed by atoms with Crippen LogP contribution in [0.5, 0.6) is 0 Å². The number of rotatable bonds is 8. The minimum atomic E-state index is -0.837. The van der Waals surface area contributed by atoms with E-state index in [1.54, 1.807) is 36.4 Å². The van der Waals surface area contributed by atoms with Gasteiger partial charge in [-0.05, 0) is 23.6 Å². The quantitative estimate of drug-likeness (QED) is 0.685. The van der Waals surface area contributed by atoms with Crippen molar-refractivity contribution in [1.29, 1.82) is 0 Å². The van der Waals surface area contributed by atoms with Crippen molar-refractivity contribution in [3.8, 4) is 0 Å². The minimum Gasteiger partial charge on any atom is -0.467 e. The maximum atomic E-state index is 12.8. The van der Waals surface area contributed by atoms with Gasteiger partial charge >= 0.3 is 0 Å². The van der Waals surface area contributed by atoms with Crippen LogP contribution < -0.4 is 10.6 Å². The molecule has 0 bridgehead atoms. The second kappa shape index (κ2) is 9.03. The molecule has 2 atom stereocenters. The van der Waals surface area contributed by atoms with Crippen molar-refractivity contribution in [3.63, 3.8) is 0 Å². The van der Waals surface area contributed by atoms with Gasteiger partial charge in [0.1, 0.15) is 17.8 Å². The molecular formula is C19H24N2O4. The maximum Gasteiger partial charge on any atom is 0.247 e. The number of aliphatic hydroxyl groups is 1. The lowest BCUT2D eigenvalue weighted by Crippen LogP contribution is -2.42. The number of furan rings is 1. The number of benzene rings is 1. The smallest absolute Gasteiger partial charge is 0.247 e. The molecule has 0 spiro atoms. The first-order chi connectivity index (χ1) is 12.0. The summed E-state index contributed by atoms with van der Waals surface area (Å²) < 4.78 is 5.24. The number of amides is 2. The monoisotopic (exact) mass is 344 g/mol. The fraction of sp³-hybridized carbons (Fsp3) is 0.368. The fourth-order valence-corrected chi connectivity index (χ4v) is 2.49. The Labute approximate surface area is 147 Å². The topological polar surface area (TPSA) is 91.6 Å². The lowest BCUT2D eigenvalue weighted by molar-refractivity contribution is -0.130. The molecule has 1 aromatic heterocycles. The largest absolute Gasteiger partial charge is 0.467 e. The lowest BCUT2D eigenvalue weighted by atomic mass is 10.0. The molecule has 1 heterocycles. The lowest BCUT2D eigenvalue weighted by Gasteiger charge is -2.22. The number of carbonyl (C=O) groups is 2. The highest BCUT2D eigenvalue weighted by Gasteiger charge is 2.26. The van der Waals surface area contributed by atoms with E-state index < -0.39 is 18.0 Å². The Morgan fingerprint density at radius 1 is 1.08 bits per heavy atom. The number of carbonyl (C=O) groups excluding carboxylic acids is 2. The summed E-state index contributed by atoms with van der Waals surface area (Å²) in [5.74, 6) is 0.0419. The summed E-state index contributed by atoms with van der Waals surface area (Å²) in [6.45, 7) is 3.58. The van der Waals surface area contributed by atoms with E-state index in [2.05, 4.69) is 10.6 Å². The molecule has 2 aromatic rings. The molecule has 0 aliphatic heterocycles. The summed E-state index contributed by atoms with van der Waals surface area (Å²) in [7, 11) is 0. The van der Waals surface area contributed by atoms with Gasteiger partial charge in [0.15, 0.2) is 0 Å². The van der Waals surface area contributed by atoms with Crippen molar-refractivity contribution >= 4 is 11.8 Å². The number of hydrogen-bond acceptors (Lipinski definition) is 4. The predicted molar refractivity (Wildman–Crippen MR) is 93.5 cm³/mol. The van der Waals surface area contributed by atoms with Gasteiger partial charge in [-0.25, -0.2) is 0 Å². The second-order valence-electron chi connectivity index (χ2n) is 6.27. The summed E-state index contributed by atoms with van der Waals surface area (Å²) in [4.78, 5) is 24.9. The third-order valence-corrected chi connectivity index (χ3v) is 3.68. The molecule has 6 heteroatoms. The molecule has 0 saturated heterocycles. The van der Waals surface area contributed by atoms with Gasteiger partial charge in [0.25, 0.3) is 0 Å². The Kier molecular flexibility index (Phi) is 6.77. The highest BCUT2D eigenvalue weighted by atomic mass is 16.3. The van der Waals surface area contributed by atoms with Crippen LogP contribution in [0.1, 0.15) is 43.7 Å². The van der Waals surface area contributed by atoms with Gasteiger partial charge in [-0.1, -0.05) is 44.2 Å². The van der Waals surface area contributed by atoms with Gasteiger partial charge < -0.3 is 20.2 Å². The van der Waals surface area contributed by atoms with Crippen LogP contribution in [0, 0.1) is 5.92 Å². The first-order valence-electron chi connectivity index (χ1n) is 8.30. The van der Waals surface area contributed by atoms with E-state index in [9.17, 15) is 14.7 Å². The molecule has 2 rings (SSSR count). The summed E-state index contributed by atoms with van der Waals surface area (Å²) in [5.41, 5.74) is 0.674. The zero-order chi connectivity index (χ0) is 18.2. The van der Waals surface area contributed by atoms with Crippen LogP contribution in [0.25, 0.3) is 0 Å². The van der Waals surface area contributed by atoms with Crippen molar-refractivity contribution in [1.82, 2.24) is 10.6 Å². The van der Waals surface area contributed by atoms with Crippen LogP contribution in [0.15, 0.2) is 53.1 Å². The van der Waals surface area contributed by atoms with Crippen molar-refractivity contribution in [2.75, 3.05) is 6.61 Å². The zero-order valence-electron chi connectivity index (χ0n) is 14.4. The zero-order valence-corrected chi connectivity index (χ0v) is 14.4. The molecule has 0 saturated carbocycles. The summed E-state index contributed by atoms with van der Waals surface area (Å²) in [6, 6.07) is 10.9. The van der Waals surface area contributed by atoms with Crippen molar-refractivity contribution in [2.24, 2.45) is 5.92 Å². The van der Waals surface area contributed by atoms with Gasteiger partial charge in [0.2, 0.25) is 11.8 Å². The second-order valence-corrected chi connectivity index (χ2v) is 6.27. The Hall–Kier alpha value is -2.60. The molecule has 2 amide bonds. The van der Waals surface area contributed by atoms with E-state index in [0.717, 1.165) is 0 Å². The Morgan fingerprint density at radius 2 is 1.80 bits per heavy atom. The van der Waals surface area contributed by atoms with Gasteiger partial charge in [-0.15, -0.1) is 0 Å². The molecule has 134 valence electrons. The average molecular weight is 344 g/mol. The van der Waals surface area contributed by atoms with Crippen LogP contribution in [-0.4, -0.2) is 23.5 Å².